The van der Waals surface area contributed by atoms with E-state index in [9.17, 15) is 34.5 Å². The number of hydrogen-bond donors (Lipinski definition) is 5. The highest BCUT2D eigenvalue weighted by Gasteiger charge is 2.44. The third kappa shape index (κ3) is 14.0. The zero-order valence-corrected chi connectivity index (χ0v) is 42.5. The lowest BCUT2D eigenvalue weighted by molar-refractivity contribution is -0.144. The molecule has 6 rings (SSSR count). The summed E-state index contributed by atoms with van der Waals surface area (Å²) in [6.45, 7) is 19.3. The number of nitrogens with zero attached hydrogens (tertiary/aromatic N) is 2. The van der Waals surface area contributed by atoms with E-state index in [0.29, 0.717) is 36.3 Å². The second-order valence-electron chi connectivity index (χ2n) is 20.6. The fraction of sp³-hybridized carbons (Fsp3) is 0.464. The quantitative estimate of drug-likeness (QED) is 0.0355. The Labute approximate surface area is 412 Å². The van der Waals surface area contributed by atoms with Crippen molar-refractivity contribution in [2.75, 3.05) is 32.8 Å². The predicted molar refractivity (Wildman–Crippen MR) is 275 cm³/mol. The summed E-state index contributed by atoms with van der Waals surface area (Å²) in [5.41, 5.74) is 3.41. The van der Waals surface area contributed by atoms with Crippen LogP contribution in [0, 0.1) is 5.41 Å². The average Bonchev–Trinajstić information content (AvgIpc) is 3.89. The number of likely N-dealkylation sites (N-methyl/N-ethyl adjacent to an activating group) is 1. The van der Waals surface area contributed by atoms with Crippen LogP contribution < -0.4 is 15.4 Å². The van der Waals surface area contributed by atoms with Crippen LogP contribution in [0.5, 0.6) is 17.2 Å². The van der Waals surface area contributed by atoms with Crippen molar-refractivity contribution in [2.45, 2.75) is 130 Å². The van der Waals surface area contributed by atoms with Gasteiger partial charge in [0.25, 0.3) is 0 Å². The minimum absolute atomic E-state index is 0.00852. The highest BCUT2D eigenvalue weighted by molar-refractivity contribution is 7.22. The maximum absolute atomic E-state index is 14.1. The van der Waals surface area contributed by atoms with Gasteiger partial charge in [0.1, 0.15) is 35.9 Å². The summed E-state index contributed by atoms with van der Waals surface area (Å²) in [7, 11) is 0. The van der Waals surface area contributed by atoms with Crippen LogP contribution in [0.2, 0.25) is 0 Å². The van der Waals surface area contributed by atoms with Gasteiger partial charge in [-0.25, -0.2) is 0 Å². The number of aromatic hydroxyl groups is 2. The molecule has 4 aromatic carbocycles. The Balaban J connectivity index is 0.904. The SMILES string of the molecule is CCN(CCCCCCCC(=O)NC(C(=O)N1CC(O)CC1C(=O)NC(C)c1ccc(C(C)(C)C)cc1)C(C)(C)C)CCOc1ccc(C(=O)c2c(-c3ccc(O)cc3)sc3cc(O)ccc23)cc1. The summed E-state index contributed by atoms with van der Waals surface area (Å²) < 4.78 is 6.89. The van der Waals surface area contributed by atoms with E-state index in [2.05, 4.69) is 55.4 Å². The number of phenolic OH excluding ortho intramolecular Hbond substituents is 2. The van der Waals surface area contributed by atoms with Crippen LogP contribution in [0.4, 0.5) is 0 Å². The molecule has 0 spiro atoms. The Kier molecular flexibility index (Phi) is 17.7. The van der Waals surface area contributed by atoms with E-state index in [-0.39, 0.29) is 59.4 Å². The minimum Gasteiger partial charge on any atom is -0.508 e. The predicted octanol–water partition coefficient (Wildman–Crippen LogP) is 9.92. The maximum atomic E-state index is 14.1. The molecule has 0 saturated carbocycles. The Bertz CT molecular complexity index is 2530. The van der Waals surface area contributed by atoms with Gasteiger partial charge in [-0.3, -0.25) is 19.2 Å². The molecule has 1 saturated heterocycles. The Morgan fingerprint density at radius 2 is 1.46 bits per heavy atom. The number of ketones is 1. The summed E-state index contributed by atoms with van der Waals surface area (Å²) in [5.74, 6) is -0.0758. The highest BCUT2D eigenvalue weighted by Crippen LogP contribution is 2.41. The summed E-state index contributed by atoms with van der Waals surface area (Å²) >= 11 is 1.43. The summed E-state index contributed by atoms with van der Waals surface area (Å²) in [4.78, 5) is 59.5. The van der Waals surface area contributed by atoms with E-state index in [4.69, 9.17) is 4.74 Å². The third-order valence-corrected chi connectivity index (χ3v) is 14.3. The molecular weight excluding hydrogens is 889 g/mol. The number of fused-ring (bicyclic) bond motifs is 1. The molecule has 3 amide bonds. The second-order valence-corrected chi connectivity index (χ2v) is 21.6. The third-order valence-electron chi connectivity index (χ3n) is 13.1. The fourth-order valence-electron chi connectivity index (χ4n) is 8.86. The number of aliphatic hydroxyl groups excluding tert-OH is 1. The molecule has 0 bridgehead atoms. The van der Waals surface area contributed by atoms with Gasteiger partial charge in [-0.1, -0.05) is 92.0 Å². The number of ether oxygens (including phenoxy) is 1. The first-order chi connectivity index (χ1) is 32.7. The standard InChI is InChI=1S/C56H72N4O8S/c1-9-59(31-32-68-44-27-20-38(21-28-44)50(65)49-45-29-26-42(62)34-47(45)69-51(49)39-18-24-41(61)25-19-39)30-14-12-10-11-13-15-48(64)58-52(56(6,7)8)54(67)60-35-43(63)33-46(60)53(66)57-36(2)37-16-22-40(23-17-37)55(3,4)5/h16-29,34,36,43,46,52,61-63H,9-15,30-33,35H2,1-8H3,(H,57,66)(H,58,64). The summed E-state index contributed by atoms with van der Waals surface area (Å²) in [5, 5.41) is 37.4. The van der Waals surface area contributed by atoms with Crippen LogP contribution in [0.25, 0.3) is 20.5 Å². The van der Waals surface area contributed by atoms with Crippen LogP contribution in [0.1, 0.15) is 133 Å². The van der Waals surface area contributed by atoms with Crippen molar-refractivity contribution < 1.29 is 39.2 Å². The van der Waals surface area contributed by atoms with Crippen molar-refractivity contribution in [3.05, 3.63) is 113 Å². The average molecular weight is 961 g/mol. The molecule has 370 valence electrons. The molecule has 5 N–H and O–H groups in total. The molecule has 2 heterocycles. The Morgan fingerprint density at radius 1 is 0.812 bits per heavy atom. The molecule has 0 aliphatic carbocycles. The number of carbonyl (C=O) groups is 4. The normalized spacial score (nSPS) is 16.1. The lowest BCUT2D eigenvalue weighted by Crippen LogP contribution is -2.57. The van der Waals surface area contributed by atoms with Crippen molar-refractivity contribution in [2.24, 2.45) is 5.41 Å². The molecule has 1 aromatic heterocycles. The van der Waals surface area contributed by atoms with E-state index in [1.807, 2.05) is 52.0 Å². The molecular formula is C56H72N4O8S. The lowest BCUT2D eigenvalue weighted by Gasteiger charge is -2.35. The van der Waals surface area contributed by atoms with E-state index in [0.717, 1.165) is 71.4 Å². The molecule has 1 aliphatic rings. The number of likely N-dealkylation sites (tertiary alicyclic amines) is 1. The van der Waals surface area contributed by atoms with E-state index in [1.54, 1.807) is 54.6 Å². The first-order valence-electron chi connectivity index (χ1n) is 24.5. The molecule has 0 radical (unpaired) electrons. The number of carbonyl (C=O) groups excluding carboxylic acids is 4. The molecule has 4 unspecified atom stereocenters. The van der Waals surface area contributed by atoms with Gasteiger partial charge in [0.05, 0.1) is 12.1 Å². The molecule has 13 heteroatoms. The van der Waals surface area contributed by atoms with Crippen LogP contribution in [0.15, 0.2) is 91.0 Å². The van der Waals surface area contributed by atoms with Crippen LogP contribution in [-0.2, 0) is 19.8 Å². The lowest BCUT2D eigenvalue weighted by atomic mass is 9.85. The van der Waals surface area contributed by atoms with Gasteiger partial charge in [0.15, 0.2) is 5.78 Å². The van der Waals surface area contributed by atoms with E-state index in [1.165, 1.54) is 21.8 Å². The number of hydrogen-bond acceptors (Lipinski definition) is 10. The molecule has 5 aromatic rings. The highest BCUT2D eigenvalue weighted by atomic mass is 32.1. The summed E-state index contributed by atoms with van der Waals surface area (Å²) in [6.07, 6.45) is 4.19. The van der Waals surface area contributed by atoms with Gasteiger partial charge >= 0.3 is 0 Å². The topological polar surface area (TPSA) is 169 Å². The van der Waals surface area contributed by atoms with Gasteiger partial charge in [0.2, 0.25) is 17.7 Å². The van der Waals surface area contributed by atoms with Gasteiger partial charge in [-0.05, 0) is 127 Å². The summed E-state index contributed by atoms with van der Waals surface area (Å²) in [6, 6.07) is 25.1. The first-order valence-corrected chi connectivity index (χ1v) is 25.3. The number of thiophene rings is 1. The number of amides is 3. The molecule has 1 fully saturated rings. The zero-order chi connectivity index (χ0) is 50.0. The fourth-order valence-corrected chi connectivity index (χ4v) is 10.1. The van der Waals surface area contributed by atoms with Crippen molar-refractivity contribution >= 4 is 44.9 Å². The molecule has 69 heavy (non-hydrogen) atoms. The molecule has 1 aliphatic heterocycles. The monoisotopic (exact) mass is 961 g/mol. The second kappa shape index (κ2) is 23.2. The van der Waals surface area contributed by atoms with Crippen molar-refractivity contribution in [3.8, 4) is 27.7 Å². The Morgan fingerprint density at radius 3 is 2.12 bits per heavy atom. The van der Waals surface area contributed by atoms with Crippen molar-refractivity contribution in [1.29, 1.82) is 0 Å². The van der Waals surface area contributed by atoms with Gasteiger partial charge in [-0.2, -0.15) is 0 Å². The number of benzene rings is 4. The number of rotatable bonds is 21. The largest absolute Gasteiger partial charge is 0.508 e. The number of unbranched alkanes of at least 4 members (excludes halogenated alkanes) is 4. The van der Waals surface area contributed by atoms with Crippen LogP contribution in [0.3, 0.4) is 0 Å². The van der Waals surface area contributed by atoms with Crippen LogP contribution >= 0.6 is 11.3 Å². The Hall–Kier alpha value is -5.76. The van der Waals surface area contributed by atoms with Crippen molar-refractivity contribution in [1.82, 2.24) is 20.4 Å². The van der Waals surface area contributed by atoms with Gasteiger partial charge in [-0.15, -0.1) is 11.3 Å². The smallest absolute Gasteiger partial charge is 0.246 e. The van der Waals surface area contributed by atoms with Gasteiger partial charge in [0, 0.05) is 52.0 Å². The van der Waals surface area contributed by atoms with Crippen LogP contribution in [-0.4, -0.2) is 99.6 Å². The number of phenols is 2. The minimum atomic E-state index is -0.859. The number of nitrogens with one attached hydrogen (secondary N) is 2. The first kappa shape index (κ1) is 52.6. The van der Waals surface area contributed by atoms with E-state index >= 15 is 0 Å². The maximum Gasteiger partial charge on any atom is 0.246 e. The van der Waals surface area contributed by atoms with Crippen molar-refractivity contribution in [3.63, 3.8) is 0 Å². The molecule has 12 nitrogen and oxygen atoms in total. The zero-order valence-electron chi connectivity index (χ0n) is 41.6. The van der Waals surface area contributed by atoms with Gasteiger partial charge < -0.3 is 40.5 Å². The van der Waals surface area contributed by atoms with E-state index < -0.39 is 23.6 Å². The number of β-amino-alcohol motifs (C(OH)–C–C–N with tert-alkyl or cyclic N) is 1. The number of aliphatic hydroxyl groups is 1. The molecule has 4 atom stereocenters.